The first-order valence-corrected chi connectivity index (χ1v) is 5.13. The van der Waals surface area contributed by atoms with Crippen molar-refractivity contribution in [2.24, 2.45) is 5.73 Å². The maximum atomic E-state index is 8.67. The van der Waals surface area contributed by atoms with Crippen molar-refractivity contribution in [3.05, 3.63) is 35.4 Å². The standard InChI is InChI=1S/C9H13N.HNO2S/c1-7-4-3-5-9(6-7)8(2)10;1-4(2)3/h3-6,8H,10H2,1-2H3;1H/t8-;/m0./s1. The summed E-state index contributed by atoms with van der Waals surface area (Å²) in [5.41, 5.74) is 8.16. The van der Waals surface area contributed by atoms with Gasteiger partial charge >= 0.3 is 10.5 Å². The van der Waals surface area contributed by atoms with Crippen LogP contribution >= 0.6 is 0 Å². The summed E-state index contributed by atoms with van der Waals surface area (Å²) < 4.78 is 22.8. The van der Waals surface area contributed by atoms with E-state index in [1.165, 1.54) is 11.1 Å². The van der Waals surface area contributed by atoms with Crippen molar-refractivity contribution in [3.63, 3.8) is 0 Å². The lowest BCUT2D eigenvalue weighted by molar-refractivity contribution is 0.620. The molecular weight excluding hydrogens is 200 g/mol. The normalized spacial score (nSPS) is 11.1. The largest absolute Gasteiger partial charge is 0.324 e. The highest BCUT2D eigenvalue weighted by Gasteiger charge is 1.96. The minimum Gasteiger partial charge on any atom is -0.324 e. The molecule has 0 saturated carbocycles. The maximum absolute atomic E-state index is 8.67. The number of aryl methyl sites for hydroxylation is 1. The molecule has 4 nitrogen and oxygen atoms in total. The van der Waals surface area contributed by atoms with Crippen LogP contribution in [0.4, 0.5) is 0 Å². The van der Waals surface area contributed by atoms with Crippen LogP contribution in [0.2, 0.25) is 0 Å². The molecule has 0 heterocycles. The summed E-state index contributed by atoms with van der Waals surface area (Å²) in [6.07, 6.45) is 0. The molecular formula is C9H14N2O2S. The van der Waals surface area contributed by atoms with Crippen LogP contribution in [0.15, 0.2) is 24.3 Å². The lowest BCUT2D eigenvalue weighted by Crippen LogP contribution is -2.04. The van der Waals surface area contributed by atoms with Gasteiger partial charge in [0.2, 0.25) is 0 Å². The van der Waals surface area contributed by atoms with E-state index in [9.17, 15) is 0 Å². The van der Waals surface area contributed by atoms with E-state index < -0.39 is 10.5 Å². The van der Waals surface area contributed by atoms with E-state index in [1.54, 1.807) is 0 Å². The first kappa shape index (κ1) is 12.8. The van der Waals surface area contributed by atoms with Crippen LogP contribution in [0.1, 0.15) is 24.1 Å². The van der Waals surface area contributed by atoms with E-state index in [0.29, 0.717) is 0 Å². The predicted molar refractivity (Wildman–Crippen MR) is 55.4 cm³/mol. The molecule has 0 aliphatic heterocycles. The molecule has 78 valence electrons. The first-order valence-electron chi connectivity index (χ1n) is 4.06. The summed E-state index contributed by atoms with van der Waals surface area (Å²) in [4.78, 5) is 0. The van der Waals surface area contributed by atoms with E-state index in [0.717, 1.165) is 0 Å². The summed E-state index contributed by atoms with van der Waals surface area (Å²) in [7, 11) is -2.61. The van der Waals surface area contributed by atoms with Gasteiger partial charge in [-0.25, -0.2) is 0 Å². The van der Waals surface area contributed by atoms with Gasteiger partial charge < -0.3 is 5.73 Å². The van der Waals surface area contributed by atoms with Gasteiger partial charge in [0.05, 0.1) is 0 Å². The fraction of sp³-hybridized carbons (Fsp3) is 0.333. The van der Waals surface area contributed by atoms with Gasteiger partial charge in [0, 0.05) is 6.04 Å². The second-order valence-electron chi connectivity index (χ2n) is 2.94. The van der Waals surface area contributed by atoms with E-state index in [1.807, 2.05) is 13.0 Å². The molecule has 0 amide bonds. The van der Waals surface area contributed by atoms with Crippen LogP contribution in [-0.4, -0.2) is 8.42 Å². The third-order valence-electron chi connectivity index (χ3n) is 1.57. The average molecular weight is 214 g/mol. The van der Waals surface area contributed by atoms with Gasteiger partial charge in [0.25, 0.3) is 0 Å². The Hall–Kier alpha value is -1.20. The minimum atomic E-state index is -2.61. The molecule has 1 atom stereocenters. The highest BCUT2D eigenvalue weighted by molar-refractivity contribution is 7.60. The molecule has 5 heteroatoms. The zero-order valence-corrected chi connectivity index (χ0v) is 9.01. The van der Waals surface area contributed by atoms with Crippen LogP contribution in [-0.2, 0) is 10.5 Å². The molecule has 1 rings (SSSR count). The first-order chi connectivity index (χ1) is 6.43. The predicted octanol–water partition coefficient (Wildman–Crippen LogP) is 1.64. The molecule has 0 spiro atoms. The van der Waals surface area contributed by atoms with Crippen molar-refractivity contribution in [3.8, 4) is 0 Å². The Balaban J connectivity index is 0.000000364. The molecule has 0 saturated heterocycles. The minimum absolute atomic E-state index is 0.153. The lowest BCUT2D eigenvalue weighted by atomic mass is 10.1. The second-order valence-corrected chi connectivity index (χ2v) is 3.41. The second kappa shape index (κ2) is 6.28. The molecule has 0 bridgehead atoms. The molecule has 14 heavy (non-hydrogen) atoms. The highest BCUT2D eigenvalue weighted by Crippen LogP contribution is 2.10. The number of benzene rings is 1. The van der Waals surface area contributed by atoms with Crippen molar-refractivity contribution in [2.45, 2.75) is 19.9 Å². The number of hydrogen-bond acceptors (Lipinski definition) is 4. The average Bonchev–Trinajstić information content (AvgIpc) is 2.03. The van der Waals surface area contributed by atoms with Crippen molar-refractivity contribution in [1.82, 2.24) is 0 Å². The molecule has 0 aliphatic carbocycles. The van der Waals surface area contributed by atoms with Crippen LogP contribution in [0.5, 0.6) is 0 Å². The van der Waals surface area contributed by atoms with Gasteiger partial charge in [-0.2, -0.15) is 13.2 Å². The van der Waals surface area contributed by atoms with Crippen molar-refractivity contribution >= 4 is 10.5 Å². The smallest absolute Gasteiger partial charge is 0.308 e. The van der Waals surface area contributed by atoms with E-state index in [4.69, 9.17) is 18.9 Å². The summed E-state index contributed by atoms with van der Waals surface area (Å²) in [6, 6.07) is 8.43. The SMILES string of the molecule is Cc1cccc([C@H](C)N)c1.N=S(=O)=O. The molecule has 3 N–H and O–H groups in total. The van der Waals surface area contributed by atoms with Crippen molar-refractivity contribution in [2.75, 3.05) is 0 Å². The van der Waals surface area contributed by atoms with Crippen LogP contribution in [0.3, 0.4) is 0 Å². The van der Waals surface area contributed by atoms with Gasteiger partial charge in [-0.3, -0.25) is 0 Å². The third-order valence-corrected chi connectivity index (χ3v) is 1.57. The number of rotatable bonds is 1. The van der Waals surface area contributed by atoms with Crippen LogP contribution in [0, 0.1) is 11.7 Å². The summed E-state index contributed by atoms with van der Waals surface area (Å²) in [5.74, 6) is 0. The molecule has 0 unspecified atom stereocenters. The summed E-state index contributed by atoms with van der Waals surface area (Å²) in [6.45, 7) is 4.07. The van der Waals surface area contributed by atoms with E-state index >= 15 is 0 Å². The Labute approximate surface area is 85.3 Å². The molecule has 0 fully saturated rings. The van der Waals surface area contributed by atoms with E-state index in [-0.39, 0.29) is 6.04 Å². The van der Waals surface area contributed by atoms with Gasteiger partial charge in [-0.1, -0.05) is 29.8 Å². The van der Waals surface area contributed by atoms with Gasteiger partial charge in [-0.05, 0) is 19.4 Å². The molecule has 0 radical (unpaired) electrons. The number of hydrogen-bond donors (Lipinski definition) is 2. The quantitative estimate of drug-likeness (QED) is 0.745. The van der Waals surface area contributed by atoms with Gasteiger partial charge in [0.1, 0.15) is 0 Å². The Morgan fingerprint density at radius 2 is 1.93 bits per heavy atom. The molecule has 1 aromatic rings. The van der Waals surface area contributed by atoms with Crippen LogP contribution < -0.4 is 5.73 Å². The van der Waals surface area contributed by atoms with Gasteiger partial charge in [-0.15, -0.1) is 0 Å². The number of nitrogens with one attached hydrogen (secondary N) is 1. The van der Waals surface area contributed by atoms with E-state index in [2.05, 4.69) is 25.1 Å². The monoisotopic (exact) mass is 214 g/mol. The molecule has 0 aromatic heterocycles. The fourth-order valence-electron chi connectivity index (χ4n) is 0.953. The Kier molecular flexibility index (Phi) is 5.74. The highest BCUT2D eigenvalue weighted by atomic mass is 32.2. The Bertz CT molecular complexity index is 377. The van der Waals surface area contributed by atoms with Gasteiger partial charge in [0.15, 0.2) is 0 Å². The zero-order chi connectivity index (χ0) is 11.1. The zero-order valence-electron chi connectivity index (χ0n) is 8.19. The third kappa shape index (κ3) is 6.33. The lowest BCUT2D eigenvalue weighted by Gasteiger charge is -2.04. The number of nitrogens with two attached hydrogens (primary N) is 1. The molecule has 0 aliphatic rings. The summed E-state index contributed by atoms with van der Waals surface area (Å²) in [5, 5.41) is 0. The van der Waals surface area contributed by atoms with Crippen molar-refractivity contribution in [1.29, 1.82) is 4.78 Å². The summed E-state index contributed by atoms with van der Waals surface area (Å²) >= 11 is 0. The molecule has 1 aromatic carbocycles. The Morgan fingerprint density at radius 3 is 2.21 bits per heavy atom. The fourth-order valence-corrected chi connectivity index (χ4v) is 0.953. The Morgan fingerprint density at radius 1 is 1.43 bits per heavy atom. The topological polar surface area (TPSA) is 84.0 Å². The van der Waals surface area contributed by atoms with Crippen molar-refractivity contribution < 1.29 is 8.42 Å². The maximum Gasteiger partial charge on any atom is 0.308 e. The van der Waals surface area contributed by atoms with Crippen LogP contribution in [0.25, 0.3) is 0 Å².